The van der Waals surface area contributed by atoms with Crippen LogP contribution in [0.2, 0.25) is 0 Å². The number of hydrogen-bond donors (Lipinski definition) is 0. The lowest BCUT2D eigenvalue weighted by Gasteiger charge is -2.12. The van der Waals surface area contributed by atoms with Gasteiger partial charge in [-0.05, 0) is 27.2 Å². The molecule has 0 radical (unpaired) electrons. The van der Waals surface area contributed by atoms with Gasteiger partial charge >= 0.3 is 0 Å². The zero-order valence-electron chi connectivity index (χ0n) is 8.83. The summed E-state index contributed by atoms with van der Waals surface area (Å²) in [6.07, 6.45) is 4.15. The summed E-state index contributed by atoms with van der Waals surface area (Å²) in [5.41, 5.74) is 1.74. The minimum Gasteiger partial charge on any atom is -0.275 e. The van der Waals surface area contributed by atoms with Crippen LogP contribution in [-0.4, -0.2) is 23.3 Å². The molecule has 1 aliphatic heterocycles. The van der Waals surface area contributed by atoms with E-state index in [2.05, 4.69) is 0 Å². The summed E-state index contributed by atoms with van der Waals surface area (Å²) in [6.45, 7) is 6.14. The molecule has 0 unspecified atom stereocenters. The van der Waals surface area contributed by atoms with Gasteiger partial charge in [-0.3, -0.25) is 14.5 Å². The highest BCUT2D eigenvalue weighted by Gasteiger charge is 2.26. The van der Waals surface area contributed by atoms with E-state index < -0.39 is 0 Å². The fourth-order valence-corrected chi connectivity index (χ4v) is 1.33. The second-order valence-corrected chi connectivity index (χ2v) is 3.69. The van der Waals surface area contributed by atoms with E-state index in [1.807, 2.05) is 19.9 Å². The number of nitrogens with zero attached hydrogens (tertiary/aromatic N) is 1. The normalized spacial score (nSPS) is 15.9. The third-order valence-corrected chi connectivity index (χ3v) is 2.09. The second-order valence-electron chi connectivity index (χ2n) is 3.69. The number of carbonyl (C=O) groups is 2. The van der Waals surface area contributed by atoms with Crippen molar-refractivity contribution >= 4 is 11.8 Å². The zero-order chi connectivity index (χ0) is 10.7. The van der Waals surface area contributed by atoms with E-state index in [0.29, 0.717) is 12.1 Å². The second kappa shape index (κ2) is 4.22. The molecule has 0 saturated heterocycles. The summed E-state index contributed by atoms with van der Waals surface area (Å²) in [6, 6.07) is 0. The van der Waals surface area contributed by atoms with Crippen LogP contribution in [0.1, 0.15) is 27.2 Å². The van der Waals surface area contributed by atoms with Crippen molar-refractivity contribution in [2.24, 2.45) is 0 Å². The summed E-state index contributed by atoms with van der Waals surface area (Å²) >= 11 is 0. The summed E-state index contributed by atoms with van der Waals surface area (Å²) in [7, 11) is 0. The van der Waals surface area contributed by atoms with Crippen LogP contribution in [0.5, 0.6) is 0 Å². The van der Waals surface area contributed by atoms with Crippen molar-refractivity contribution in [1.29, 1.82) is 0 Å². The quantitative estimate of drug-likeness (QED) is 0.505. The lowest BCUT2D eigenvalue weighted by molar-refractivity contribution is -0.137. The van der Waals surface area contributed by atoms with Crippen molar-refractivity contribution in [2.45, 2.75) is 27.2 Å². The van der Waals surface area contributed by atoms with Crippen molar-refractivity contribution < 1.29 is 9.59 Å². The number of allylic oxidation sites excluding steroid dienone is 1. The minimum atomic E-state index is -0.186. The first-order valence-electron chi connectivity index (χ1n) is 4.70. The van der Waals surface area contributed by atoms with Crippen molar-refractivity contribution in [3.05, 3.63) is 23.3 Å². The Labute approximate surface area is 84.1 Å². The van der Waals surface area contributed by atoms with Gasteiger partial charge in [-0.25, -0.2) is 0 Å². The molecule has 0 bridgehead atoms. The summed E-state index contributed by atoms with van der Waals surface area (Å²) < 4.78 is 0. The smallest absolute Gasteiger partial charge is 0.256 e. The van der Waals surface area contributed by atoms with Crippen LogP contribution in [0.4, 0.5) is 0 Å². The summed E-state index contributed by atoms with van der Waals surface area (Å²) in [5.74, 6) is -0.341. The van der Waals surface area contributed by atoms with Gasteiger partial charge in [-0.1, -0.05) is 11.6 Å². The van der Waals surface area contributed by atoms with Gasteiger partial charge < -0.3 is 0 Å². The first-order chi connectivity index (χ1) is 6.52. The number of carbonyl (C=O) groups excluding carboxylic acids is 2. The first kappa shape index (κ1) is 10.7. The Morgan fingerprint density at radius 2 is 2.07 bits per heavy atom. The predicted molar refractivity (Wildman–Crippen MR) is 54.5 cm³/mol. The molecule has 0 aromatic heterocycles. The lowest BCUT2D eigenvalue weighted by atomic mass is 10.2. The lowest BCUT2D eigenvalue weighted by Crippen LogP contribution is -2.31. The maximum atomic E-state index is 11.4. The standard InChI is InChI=1S/C11H15NO2/c1-8(2)5-4-6-12-10(13)7-9(3)11(12)14/h5,7H,4,6H2,1-3H3. The van der Waals surface area contributed by atoms with Gasteiger partial charge in [0.2, 0.25) is 0 Å². The average Bonchev–Trinajstić information content (AvgIpc) is 2.31. The molecule has 1 aliphatic rings. The van der Waals surface area contributed by atoms with Crippen molar-refractivity contribution in [3.63, 3.8) is 0 Å². The number of imide groups is 1. The molecule has 0 aliphatic carbocycles. The van der Waals surface area contributed by atoms with Crippen LogP contribution in [0.15, 0.2) is 23.3 Å². The zero-order valence-corrected chi connectivity index (χ0v) is 8.83. The van der Waals surface area contributed by atoms with Gasteiger partial charge in [0.05, 0.1) is 0 Å². The molecule has 76 valence electrons. The molecule has 0 aromatic carbocycles. The fraction of sp³-hybridized carbons (Fsp3) is 0.455. The van der Waals surface area contributed by atoms with Gasteiger partial charge in [0.1, 0.15) is 0 Å². The van der Waals surface area contributed by atoms with Gasteiger partial charge in [0.15, 0.2) is 0 Å². The highest BCUT2D eigenvalue weighted by molar-refractivity contribution is 6.15. The van der Waals surface area contributed by atoms with Crippen LogP contribution >= 0.6 is 0 Å². The molecule has 0 aromatic rings. The van der Waals surface area contributed by atoms with E-state index in [9.17, 15) is 9.59 Å². The highest BCUT2D eigenvalue weighted by atomic mass is 16.2. The van der Waals surface area contributed by atoms with E-state index in [1.165, 1.54) is 16.5 Å². The first-order valence-corrected chi connectivity index (χ1v) is 4.70. The summed E-state index contributed by atoms with van der Waals surface area (Å²) in [5, 5.41) is 0. The van der Waals surface area contributed by atoms with Crippen LogP contribution < -0.4 is 0 Å². The topological polar surface area (TPSA) is 37.4 Å². The average molecular weight is 193 g/mol. The van der Waals surface area contributed by atoms with Gasteiger partial charge in [0, 0.05) is 18.2 Å². The Kier molecular flexibility index (Phi) is 3.23. The Bertz CT molecular complexity index is 322. The Morgan fingerprint density at radius 1 is 1.43 bits per heavy atom. The van der Waals surface area contributed by atoms with E-state index in [1.54, 1.807) is 6.92 Å². The molecular weight excluding hydrogens is 178 g/mol. The summed E-state index contributed by atoms with van der Waals surface area (Å²) in [4.78, 5) is 24.0. The maximum absolute atomic E-state index is 11.4. The van der Waals surface area contributed by atoms with Gasteiger partial charge in [-0.15, -0.1) is 0 Å². The minimum absolute atomic E-state index is 0.155. The molecule has 0 spiro atoms. The third kappa shape index (κ3) is 2.31. The molecule has 0 saturated carbocycles. The molecular formula is C11H15NO2. The van der Waals surface area contributed by atoms with Crippen molar-refractivity contribution in [1.82, 2.24) is 4.90 Å². The molecule has 3 heteroatoms. The van der Waals surface area contributed by atoms with Gasteiger partial charge in [0.25, 0.3) is 11.8 Å². The highest BCUT2D eigenvalue weighted by Crippen LogP contribution is 2.12. The molecule has 1 heterocycles. The van der Waals surface area contributed by atoms with Gasteiger partial charge in [-0.2, -0.15) is 0 Å². The molecule has 0 fully saturated rings. The van der Waals surface area contributed by atoms with Crippen molar-refractivity contribution in [3.8, 4) is 0 Å². The van der Waals surface area contributed by atoms with Crippen LogP contribution in [-0.2, 0) is 9.59 Å². The van der Waals surface area contributed by atoms with Crippen LogP contribution in [0.25, 0.3) is 0 Å². The Morgan fingerprint density at radius 3 is 2.50 bits per heavy atom. The maximum Gasteiger partial charge on any atom is 0.256 e. The molecule has 3 nitrogen and oxygen atoms in total. The third-order valence-electron chi connectivity index (χ3n) is 2.09. The monoisotopic (exact) mass is 193 g/mol. The van der Waals surface area contributed by atoms with Crippen LogP contribution in [0, 0.1) is 0 Å². The largest absolute Gasteiger partial charge is 0.275 e. The molecule has 14 heavy (non-hydrogen) atoms. The SMILES string of the molecule is CC(C)=CCCN1C(=O)C=C(C)C1=O. The molecule has 0 atom stereocenters. The molecule has 2 amide bonds. The van der Waals surface area contributed by atoms with Crippen molar-refractivity contribution in [2.75, 3.05) is 6.54 Å². The number of rotatable bonds is 3. The van der Waals surface area contributed by atoms with Crippen LogP contribution in [0.3, 0.4) is 0 Å². The fourth-order valence-electron chi connectivity index (χ4n) is 1.33. The van der Waals surface area contributed by atoms with E-state index in [0.717, 1.165) is 6.42 Å². The Hall–Kier alpha value is -1.38. The Balaban J connectivity index is 2.52. The van der Waals surface area contributed by atoms with E-state index in [-0.39, 0.29) is 11.8 Å². The predicted octanol–water partition coefficient (Wildman–Crippen LogP) is 1.66. The molecule has 0 N–H and O–H groups in total. The molecule has 1 rings (SSSR count). The number of hydrogen-bond acceptors (Lipinski definition) is 2. The van der Waals surface area contributed by atoms with E-state index in [4.69, 9.17) is 0 Å². The van der Waals surface area contributed by atoms with E-state index >= 15 is 0 Å². The number of amides is 2.